The molecule has 82 valence electrons. The van der Waals surface area contributed by atoms with Gasteiger partial charge in [0.25, 0.3) is 0 Å². The Kier molecular flexibility index (Phi) is 3.26. The van der Waals surface area contributed by atoms with E-state index in [9.17, 15) is 8.42 Å². The van der Waals surface area contributed by atoms with Crippen LogP contribution >= 0.6 is 12.4 Å². The van der Waals surface area contributed by atoms with Gasteiger partial charge in [0.15, 0.2) is 0 Å². The normalized spacial score (nSPS) is 11.0. The van der Waals surface area contributed by atoms with Crippen molar-refractivity contribution in [3.8, 4) is 0 Å². The molecule has 2 aromatic rings. The van der Waals surface area contributed by atoms with Gasteiger partial charge in [0, 0.05) is 11.1 Å². The van der Waals surface area contributed by atoms with Crippen LogP contribution < -0.4 is 4.72 Å². The molecule has 2 rings (SSSR count). The number of rotatable bonds is 2. The van der Waals surface area contributed by atoms with E-state index in [1.165, 1.54) is 0 Å². The third kappa shape index (κ3) is 2.87. The molecule has 0 spiro atoms. The molecule has 6 heteroatoms. The summed E-state index contributed by atoms with van der Waals surface area (Å²) in [4.78, 5) is 0. The van der Waals surface area contributed by atoms with Crippen molar-refractivity contribution in [2.45, 2.75) is 0 Å². The smallest absolute Gasteiger partial charge is 0.229 e. The Morgan fingerprint density at radius 2 is 2.00 bits per heavy atom. The topological polar surface area (TPSA) is 59.3 Å². The molecule has 0 aliphatic carbocycles. The second-order valence-corrected chi connectivity index (χ2v) is 4.80. The minimum absolute atomic E-state index is 0. The van der Waals surface area contributed by atoms with Gasteiger partial charge in [-0.25, -0.2) is 8.42 Å². The molecule has 0 bridgehead atoms. The first kappa shape index (κ1) is 11.9. The van der Waals surface area contributed by atoms with Crippen LogP contribution in [0.4, 0.5) is 5.69 Å². The number of hydrogen-bond donors (Lipinski definition) is 1. The van der Waals surface area contributed by atoms with Crippen LogP contribution in [0.25, 0.3) is 11.0 Å². The summed E-state index contributed by atoms with van der Waals surface area (Å²) in [5.41, 5.74) is 1.28. The summed E-state index contributed by atoms with van der Waals surface area (Å²) in [6.07, 6.45) is 2.68. The lowest BCUT2D eigenvalue weighted by molar-refractivity contribution is 0.606. The lowest BCUT2D eigenvalue weighted by Crippen LogP contribution is -2.09. The predicted molar refractivity (Wildman–Crippen MR) is 61.9 cm³/mol. The van der Waals surface area contributed by atoms with Gasteiger partial charge in [-0.3, -0.25) is 4.72 Å². The van der Waals surface area contributed by atoms with E-state index in [0.717, 1.165) is 17.2 Å². The van der Waals surface area contributed by atoms with Crippen molar-refractivity contribution in [1.29, 1.82) is 0 Å². The molecule has 0 saturated carbocycles. The van der Waals surface area contributed by atoms with Gasteiger partial charge in [-0.05, 0) is 24.3 Å². The largest absolute Gasteiger partial charge is 0.464 e. The first-order valence-electron chi connectivity index (χ1n) is 4.00. The predicted octanol–water partition coefficient (Wildman–Crippen LogP) is 2.23. The van der Waals surface area contributed by atoms with Crippen molar-refractivity contribution in [2.24, 2.45) is 0 Å². The average Bonchev–Trinajstić information content (AvgIpc) is 2.47. The number of furan rings is 1. The quantitative estimate of drug-likeness (QED) is 0.885. The molecule has 0 saturated heterocycles. The Balaban J connectivity index is 0.00000112. The van der Waals surface area contributed by atoms with Crippen LogP contribution in [0.2, 0.25) is 0 Å². The van der Waals surface area contributed by atoms with Crippen LogP contribution in [0.5, 0.6) is 0 Å². The van der Waals surface area contributed by atoms with Crippen LogP contribution in [0.1, 0.15) is 0 Å². The van der Waals surface area contributed by atoms with Crippen LogP contribution in [-0.2, 0) is 10.0 Å². The van der Waals surface area contributed by atoms with Crippen molar-refractivity contribution in [3.05, 3.63) is 30.5 Å². The molecular formula is C9H10ClNO3S. The highest BCUT2D eigenvalue weighted by molar-refractivity contribution is 7.92. The van der Waals surface area contributed by atoms with Gasteiger partial charge in [0.2, 0.25) is 10.0 Å². The van der Waals surface area contributed by atoms with Crippen molar-refractivity contribution >= 4 is 39.1 Å². The number of hydrogen-bond acceptors (Lipinski definition) is 3. The zero-order chi connectivity index (χ0) is 10.2. The maximum atomic E-state index is 10.9. The fourth-order valence-electron chi connectivity index (χ4n) is 1.24. The molecule has 0 unspecified atom stereocenters. The van der Waals surface area contributed by atoms with E-state index in [1.807, 2.05) is 0 Å². The standard InChI is InChI=1S/C9H9NO3S.ClH/c1-14(11,12)10-8-2-3-9-7(6-8)4-5-13-9;/h2-6,10H,1H3;1H. The number of anilines is 1. The molecule has 1 aromatic carbocycles. The van der Waals surface area contributed by atoms with Gasteiger partial charge in [-0.2, -0.15) is 0 Å². The molecule has 1 aromatic heterocycles. The summed E-state index contributed by atoms with van der Waals surface area (Å²) in [5.74, 6) is 0. The number of nitrogens with one attached hydrogen (secondary N) is 1. The maximum Gasteiger partial charge on any atom is 0.229 e. The Hall–Kier alpha value is -1.20. The molecule has 0 radical (unpaired) electrons. The van der Waals surface area contributed by atoms with Crippen molar-refractivity contribution < 1.29 is 12.8 Å². The van der Waals surface area contributed by atoms with Crippen LogP contribution in [0, 0.1) is 0 Å². The van der Waals surface area contributed by atoms with E-state index in [0.29, 0.717) is 5.69 Å². The average molecular weight is 248 g/mol. The van der Waals surface area contributed by atoms with E-state index in [4.69, 9.17) is 4.42 Å². The van der Waals surface area contributed by atoms with Gasteiger partial charge >= 0.3 is 0 Å². The van der Waals surface area contributed by atoms with Gasteiger partial charge in [-0.15, -0.1) is 12.4 Å². The highest BCUT2D eigenvalue weighted by atomic mass is 35.5. The lowest BCUT2D eigenvalue weighted by atomic mass is 10.2. The molecule has 1 heterocycles. The first-order chi connectivity index (χ1) is 6.54. The number of benzene rings is 1. The molecule has 15 heavy (non-hydrogen) atoms. The molecule has 0 atom stereocenters. The van der Waals surface area contributed by atoms with Gasteiger partial charge in [0.05, 0.1) is 12.5 Å². The SMILES string of the molecule is CS(=O)(=O)Nc1ccc2occc2c1.Cl. The first-order valence-corrected chi connectivity index (χ1v) is 5.89. The molecule has 0 amide bonds. The zero-order valence-corrected chi connectivity index (χ0v) is 9.56. The van der Waals surface area contributed by atoms with E-state index in [1.54, 1.807) is 30.5 Å². The molecular weight excluding hydrogens is 238 g/mol. The Labute approximate surface area is 93.7 Å². The summed E-state index contributed by atoms with van der Waals surface area (Å²) in [5, 5.41) is 0.874. The second kappa shape index (κ2) is 4.12. The molecule has 4 nitrogen and oxygen atoms in total. The molecule has 0 aliphatic heterocycles. The Morgan fingerprint density at radius 3 is 2.67 bits per heavy atom. The highest BCUT2D eigenvalue weighted by Crippen LogP contribution is 2.20. The maximum absolute atomic E-state index is 10.9. The van der Waals surface area contributed by atoms with Crippen molar-refractivity contribution in [2.75, 3.05) is 11.0 Å². The number of fused-ring (bicyclic) bond motifs is 1. The minimum Gasteiger partial charge on any atom is -0.464 e. The van der Waals surface area contributed by atoms with Crippen molar-refractivity contribution in [3.63, 3.8) is 0 Å². The van der Waals surface area contributed by atoms with E-state index >= 15 is 0 Å². The third-order valence-electron chi connectivity index (χ3n) is 1.76. The van der Waals surface area contributed by atoms with Crippen LogP contribution in [0.3, 0.4) is 0 Å². The van der Waals surface area contributed by atoms with Gasteiger partial charge in [0.1, 0.15) is 5.58 Å². The van der Waals surface area contributed by atoms with Crippen LogP contribution in [-0.4, -0.2) is 14.7 Å². The summed E-state index contributed by atoms with van der Waals surface area (Å²) in [6, 6.07) is 6.89. The lowest BCUT2D eigenvalue weighted by Gasteiger charge is -2.02. The molecule has 0 fully saturated rings. The highest BCUT2D eigenvalue weighted by Gasteiger charge is 2.03. The number of halogens is 1. The Bertz CT molecular complexity index is 561. The second-order valence-electron chi connectivity index (χ2n) is 3.05. The summed E-state index contributed by atoms with van der Waals surface area (Å²) in [7, 11) is -3.21. The van der Waals surface area contributed by atoms with E-state index < -0.39 is 10.0 Å². The van der Waals surface area contributed by atoms with E-state index in [2.05, 4.69) is 4.72 Å². The fourth-order valence-corrected chi connectivity index (χ4v) is 1.80. The van der Waals surface area contributed by atoms with E-state index in [-0.39, 0.29) is 12.4 Å². The third-order valence-corrected chi connectivity index (χ3v) is 2.36. The molecule has 0 aliphatic rings. The monoisotopic (exact) mass is 247 g/mol. The Morgan fingerprint density at radius 1 is 1.27 bits per heavy atom. The number of sulfonamides is 1. The molecule has 1 N–H and O–H groups in total. The summed E-state index contributed by atoms with van der Waals surface area (Å²) < 4.78 is 29.4. The summed E-state index contributed by atoms with van der Waals surface area (Å²) in [6.45, 7) is 0. The van der Waals surface area contributed by atoms with Gasteiger partial charge < -0.3 is 4.42 Å². The summed E-state index contributed by atoms with van der Waals surface area (Å²) >= 11 is 0. The van der Waals surface area contributed by atoms with Gasteiger partial charge in [-0.1, -0.05) is 0 Å². The van der Waals surface area contributed by atoms with Crippen molar-refractivity contribution in [1.82, 2.24) is 0 Å². The minimum atomic E-state index is -3.21. The fraction of sp³-hybridized carbons (Fsp3) is 0.111. The van der Waals surface area contributed by atoms with Crippen LogP contribution in [0.15, 0.2) is 34.9 Å². The zero-order valence-electron chi connectivity index (χ0n) is 7.93.